The van der Waals surface area contributed by atoms with Gasteiger partial charge in [-0.1, -0.05) is 55.5 Å². The highest BCUT2D eigenvalue weighted by atomic mass is 79.9. The summed E-state index contributed by atoms with van der Waals surface area (Å²) in [5.74, 6) is -0.605. The fourth-order valence-corrected chi connectivity index (χ4v) is 3.94. The molecule has 0 aliphatic carbocycles. The van der Waals surface area contributed by atoms with E-state index in [9.17, 15) is 14.0 Å². The van der Waals surface area contributed by atoms with Crippen LogP contribution in [0.3, 0.4) is 0 Å². The quantitative estimate of drug-likeness (QED) is 0.446. The van der Waals surface area contributed by atoms with E-state index in [1.807, 2.05) is 37.3 Å². The van der Waals surface area contributed by atoms with Crippen LogP contribution in [-0.2, 0) is 16.1 Å². The summed E-state index contributed by atoms with van der Waals surface area (Å²) in [6.07, 6.45) is 0.777. The van der Waals surface area contributed by atoms with Crippen LogP contribution in [0.1, 0.15) is 25.8 Å². The van der Waals surface area contributed by atoms with Gasteiger partial charge in [0.25, 0.3) is 5.91 Å². The predicted molar refractivity (Wildman–Crippen MR) is 127 cm³/mol. The van der Waals surface area contributed by atoms with E-state index in [-0.39, 0.29) is 19.1 Å². The number of hydrogen-bond donors (Lipinski definition) is 1. The van der Waals surface area contributed by atoms with Gasteiger partial charge >= 0.3 is 0 Å². The normalized spacial score (nSPS) is 11.8. The first-order chi connectivity index (χ1) is 15.4. The average Bonchev–Trinajstić information content (AvgIpc) is 2.81. The minimum atomic E-state index is -0.780. The molecule has 168 valence electrons. The molecule has 3 aromatic rings. The molecule has 0 aliphatic heterocycles. The maximum absolute atomic E-state index is 14.3. The number of carbonyl (C=O) groups is 2. The molecule has 0 spiro atoms. The van der Waals surface area contributed by atoms with Crippen molar-refractivity contribution < 1.29 is 18.7 Å². The van der Waals surface area contributed by atoms with Crippen molar-refractivity contribution in [2.75, 3.05) is 13.2 Å². The SMILES string of the molecule is CCCNC(=O)[C@@H](C)N(Cc1ccccc1F)C(=O)COc1ccc2ccccc2c1Br. The van der Waals surface area contributed by atoms with Gasteiger partial charge in [-0.15, -0.1) is 0 Å². The highest BCUT2D eigenvalue weighted by molar-refractivity contribution is 9.10. The Balaban J connectivity index is 1.79. The fraction of sp³-hybridized carbons (Fsp3) is 0.280. The van der Waals surface area contributed by atoms with Crippen LogP contribution in [0.25, 0.3) is 10.8 Å². The molecule has 0 heterocycles. The zero-order valence-corrected chi connectivity index (χ0v) is 19.7. The molecule has 0 aliphatic rings. The standard InChI is InChI=1S/C25H26BrFN2O3/c1-3-14-28-25(31)17(2)29(15-19-9-5-7-11-21(19)27)23(30)16-32-22-13-12-18-8-4-6-10-20(18)24(22)26/h4-13,17H,3,14-16H2,1-2H3,(H,28,31)/t17-/m1/s1. The van der Waals surface area contributed by atoms with Gasteiger partial charge in [0.2, 0.25) is 5.91 Å². The molecule has 0 aromatic heterocycles. The lowest BCUT2D eigenvalue weighted by Crippen LogP contribution is -2.49. The number of fused-ring (bicyclic) bond motifs is 1. The molecule has 0 bridgehead atoms. The number of amides is 2. The third-order valence-corrected chi connectivity index (χ3v) is 6.01. The second kappa shape index (κ2) is 11.1. The maximum Gasteiger partial charge on any atom is 0.261 e. The third kappa shape index (κ3) is 5.65. The monoisotopic (exact) mass is 500 g/mol. The van der Waals surface area contributed by atoms with Crippen LogP contribution in [-0.4, -0.2) is 35.9 Å². The summed E-state index contributed by atoms with van der Waals surface area (Å²) in [5, 5.41) is 4.80. The largest absolute Gasteiger partial charge is 0.483 e. The van der Waals surface area contributed by atoms with Crippen LogP contribution in [0.15, 0.2) is 65.1 Å². The lowest BCUT2D eigenvalue weighted by molar-refractivity contribution is -0.142. The molecule has 0 radical (unpaired) electrons. The first-order valence-corrected chi connectivity index (χ1v) is 11.3. The molecule has 32 heavy (non-hydrogen) atoms. The molecule has 0 unspecified atom stereocenters. The van der Waals surface area contributed by atoms with Crippen molar-refractivity contribution in [1.82, 2.24) is 10.2 Å². The van der Waals surface area contributed by atoms with Crippen LogP contribution in [0.2, 0.25) is 0 Å². The van der Waals surface area contributed by atoms with E-state index in [0.29, 0.717) is 17.9 Å². The molecule has 0 fully saturated rings. The second-order valence-corrected chi connectivity index (χ2v) is 8.26. The van der Waals surface area contributed by atoms with E-state index in [1.165, 1.54) is 11.0 Å². The van der Waals surface area contributed by atoms with Gasteiger partial charge in [0.1, 0.15) is 17.6 Å². The molecule has 7 heteroatoms. The first-order valence-electron chi connectivity index (χ1n) is 10.5. The van der Waals surface area contributed by atoms with Crippen molar-refractivity contribution in [2.24, 2.45) is 0 Å². The van der Waals surface area contributed by atoms with E-state index in [2.05, 4.69) is 21.2 Å². The number of carbonyl (C=O) groups excluding carboxylic acids is 2. The number of benzene rings is 3. The first kappa shape index (κ1) is 23.7. The summed E-state index contributed by atoms with van der Waals surface area (Å²) in [4.78, 5) is 27.0. The number of nitrogens with one attached hydrogen (secondary N) is 1. The Labute approximate surface area is 195 Å². The van der Waals surface area contributed by atoms with Crippen molar-refractivity contribution in [3.8, 4) is 5.75 Å². The summed E-state index contributed by atoms with van der Waals surface area (Å²) in [7, 11) is 0. The number of nitrogens with zero attached hydrogens (tertiary/aromatic N) is 1. The van der Waals surface area contributed by atoms with Gasteiger partial charge in [0, 0.05) is 18.7 Å². The van der Waals surface area contributed by atoms with Gasteiger partial charge in [-0.05, 0) is 52.2 Å². The maximum atomic E-state index is 14.3. The van der Waals surface area contributed by atoms with Gasteiger partial charge in [-0.2, -0.15) is 0 Å². The lowest BCUT2D eigenvalue weighted by atomic mass is 10.1. The Morgan fingerprint density at radius 1 is 1.09 bits per heavy atom. The molecule has 1 atom stereocenters. The van der Waals surface area contributed by atoms with Gasteiger partial charge < -0.3 is 15.0 Å². The topological polar surface area (TPSA) is 58.6 Å². The zero-order valence-electron chi connectivity index (χ0n) is 18.1. The molecule has 5 nitrogen and oxygen atoms in total. The van der Waals surface area contributed by atoms with Gasteiger partial charge in [-0.3, -0.25) is 9.59 Å². The van der Waals surface area contributed by atoms with Gasteiger partial charge in [-0.25, -0.2) is 4.39 Å². The summed E-state index contributed by atoms with van der Waals surface area (Å²) in [6, 6.07) is 17.0. The van der Waals surface area contributed by atoms with Crippen LogP contribution >= 0.6 is 15.9 Å². The van der Waals surface area contributed by atoms with E-state index in [4.69, 9.17) is 4.74 Å². The number of hydrogen-bond acceptors (Lipinski definition) is 3. The Hall–Kier alpha value is -2.93. The molecular weight excluding hydrogens is 475 g/mol. The molecular formula is C25H26BrFN2O3. The van der Waals surface area contributed by atoms with E-state index >= 15 is 0 Å². The summed E-state index contributed by atoms with van der Waals surface area (Å²) in [5.41, 5.74) is 0.336. The van der Waals surface area contributed by atoms with Crippen LogP contribution in [0.5, 0.6) is 5.75 Å². The van der Waals surface area contributed by atoms with Crippen molar-refractivity contribution in [1.29, 1.82) is 0 Å². The highest BCUT2D eigenvalue weighted by Gasteiger charge is 2.27. The van der Waals surface area contributed by atoms with Crippen molar-refractivity contribution in [2.45, 2.75) is 32.9 Å². The van der Waals surface area contributed by atoms with Crippen LogP contribution in [0, 0.1) is 5.82 Å². The number of halogens is 2. The molecule has 3 aromatic carbocycles. The van der Waals surface area contributed by atoms with Crippen molar-refractivity contribution in [3.63, 3.8) is 0 Å². The summed E-state index contributed by atoms with van der Waals surface area (Å²) < 4.78 is 20.8. The molecule has 3 rings (SSSR count). The van der Waals surface area contributed by atoms with Gasteiger partial charge in [0.05, 0.1) is 4.47 Å². The minimum absolute atomic E-state index is 0.0333. The molecule has 0 saturated heterocycles. The highest BCUT2D eigenvalue weighted by Crippen LogP contribution is 2.33. The molecule has 1 N–H and O–H groups in total. The van der Waals surface area contributed by atoms with Crippen molar-refractivity contribution >= 4 is 38.5 Å². The lowest BCUT2D eigenvalue weighted by Gasteiger charge is -2.29. The average molecular weight is 501 g/mol. The van der Waals surface area contributed by atoms with E-state index in [0.717, 1.165) is 21.7 Å². The third-order valence-electron chi connectivity index (χ3n) is 5.19. The number of ether oxygens (including phenoxy) is 1. The summed E-state index contributed by atoms with van der Waals surface area (Å²) >= 11 is 3.55. The number of rotatable bonds is 9. The fourth-order valence-electron chi connectivity index (χ4n) is 3.34. The van der Waals surface area contributed by atoms with E-state index < -0.39 is 17.8 Å². The molecule has 2 amide bonds. The summed E-state index contributed by atoms with van der Waals surface area (Å²) in [6.45, 7) is 3.77. The van der Waals surface area contributed by atoms with Gasteiger partial charge in [0.15, 0.2) is 6.61 Å². The van der Waals surface area contributed by atoms with Crippen LogP contribution in [0.4, 0.5) is 4.39 Å². The smallest absolute Gasteiger partial charge is 0.261 e. The van der Waals surface area contributed by atoms with Crippen LogP contribution < -0.4 is 10.1 Å². The Kier molecular flexibility index (Phi) is 8.22. The van der Waals surface area contributed by atoms with Crippen molar-refractivity contribution in [3.05, 3.63) is 76.5 Å². The second-order valence-electron chi connectivity index (χ2n) is 7.47. The Bertz CT molecular complexity index is 1110. The minimum Gasteiger partial charge on any atom is -0.483 e. The zero-order chi connectivity index (χ0) is 23.1. The molecule has 0 saturated carbocycles. The predicted octanol–water partition coefficient (Wildman–Crippen LogP) is 5.06. The Morgan fingerprint density at radius 3 is 2.56 bits per heavy atom. The Morgan fingerprint density at radius 2 is 1.81 bits per heavy atom. The van der Waals surface area contributed by atoms with E-state index in [1.54, 1.807) is 31.2 Å².